The molecule has 0 radical (unpaired) electrons. The zero-order valence-corrected chi connectivity index (χ0v) is 24.9. The predicted molar refractivity (Wildman–Crippen MR) is 159 cm³/mol. The molecule has 0 N–H and O–H groups in total. The number of thioether (sulfide) groups is 1. The van der Waals surface area contributed by atoms with Crippen LogP contribution in [0.3, 0.4) is 0 Å². The molecule has 0 bridgehead atoms. The lowest BCUT2D eigenvalue weighted by molar-refractivity contribution is -0.136. The van der Waals surface area contributed by atoms with Crippen LogP contribution in [-0.4, -0.2) is 46.5 Å². The van der Waals surface area contributed by atoms with Gasteiger partial charge >= 0.3 is 0 Å². The minimum absolute atomic E-state index is 0.237. The Morgan fingerprint density at radius 3 is 2.60 bits per heavy atom. The first-order chi connectivity index (χ1) is 19.3. The van der Waals surface area contributed by atoms with Crippen LogP contribution in [0.2, 0.25) is 5.02 Å². The molecular weight excluding hydrogens is 616 g/mol. The maximum atomic E-state index is 13.2. The molecule has 206 valence electrons. The SMILES string of the molecule is CCOc1cc(/C=C2/SC(=O)N(CC(=O)N3CCc4ccccc4C3)C2=O)cc(Br)c1OCc1ccccc1Cl. The quantitative estimate of drug-likeness (QED) is 0.255. The largest absolute Gasteiger partial charge is 0.490 e. The van der Waals surface area contributed by atoms with Crippen molar-refractivity contribution in [3.63, 3.8) is 0 Å². The maximum absolute atomic E-state index is 13.2. The van der Waals surface area contributed by atoms with Crippen molar-refractivity contribution in [3.8, 4) is 11.5 Å². The van der Waals surface area contributed by atoms with Crippen LogP contribution in [0, 0.1) is 0 Å². The number of hydrogen-bond acceptors (Lipinski definition) is 6. The third-order valence-corrected chi connectivity index (χ3v) is 8.47. The van der Waals surface area contributed by atoms with Crippen LogP contribution in [0.4, 0.5) is 4.79 Å². The van der Waals surface area contributed by atoms with Gasteiger partial charge in [0, 0.05) is 23.7 Å². The number of fused-ring (bicyclic) bond motifs is 1. The highest BCUT2D eigenvalue weighted by Gasteiger charge is 2.37. The molecule has 0 aromatic heterocycles. The topological polar surface area (TPSA) is 76.2 Å². The zero-order valence-electron chi connectivity index (χ0n) is 21.7. The van der Waals surface area contributed by atoms with E-state index in [1.807, 2.05) is 43.3 Å². The Morgan fingerprint density at radius 1 is 1.07 bits per heavy atom. The van der Waals surface area contributed by atoms with Crippen molar-refractivity contribution < 1.29 is 23.9 Å². The molecule has 7 nitrogen and oxygen atoms in total. The molecule has 3 amide bonds. The Balaban J connectivity index is 1.30. The molecular formula is C30H26BrClN2O5S. The second kappa shape index (κ2) is 12.5. The van der Waals surface area contributed by atoms with Gasteiger partial charge in [-0.05, 0) is 82.0 Å². The number of benzene rings is 3. The Kier molecular flexibility index (Phi) is 8.83. The molecule has 40 heavy (non-hydrogen) atoms. The molecule has 10 heteroatoms. The standard InChI is InChI=1S/C30H26BrClN2O5S/c1-2-38-25-14-19(13-23(31)28(25)39-18-22-9-5-6-10-24(22)32)15-26-29(36)34(30(37)40-26)17-27(35)33-12-11-20-7-3-4-8-21(20)16-33/h3-10,13-15H,2,11-12,16-18H2,1H3/b26-15+. The van der Waals surface area contributed by atoms with Gasteiger partial charge in [0.25, 0.3) is 11.1 Å². The van der Waals surface area contributed by atoms with Gasteiger partial charge in [0.05, 0.1) is 16.0 Å². The highest BCUT2D eigenvalue weighted by Crippen LogP contribution is 2.40. The Bertz CT molecular complexity index is 1510. The minimum atomic E-state index is -0.492. The molecule has 0 saturated carbocycles. The number of rotatable bonds is 8. The van der Waals surface area contributed by atoms with Gasteiger partial charge in [-0.2, -0.15) is 0 Å². The summed E-state index contributed by atoms with van der Waals surface area (Å²) in [6.45, 7) is 3.25. The molecule has 5 rings (SSSR count). The summed E-state index contributed by atoms with van der Waals surface area (Å²) in [5.74, 6) is 0.240. The lowest BCUT2D eigenvalue weighted by Gasteiger charge is -2.29. The van der Waals surface area contributed by atoms with Gasteiger partial charge in [-0.15, -0.1) is 0 Å². The molecule has 0 aliphatic carbocycles. The molecule has 0 unspecified atom stereocenters. The van der Waals surface area contributed by atoms with Crippen molar-refractivity contribution in [2.24, 2.45) is 0 Å². The van der Waals surface area contributed by atoms with Crippen molar-refractivity contribution in [1.82, 2.24) is 9.80 Å². The summed E-state index contributed by atoms with van der Waals surface area (Å²) in [7, 11) is 0. The van der Waals surface area contributed by atoms with Crippen molar-refractivity contribution in [1.29, 1.82) is 0 Å². The van der Waals surface area contributed by atoms with Crippen molar-refractivity contribution in [3.05, 3.63) is 97.3 Å². The number of carbonyl (C=O) groups excluding carboxylic acids is 3. The summed E-state index contributed by atoms with van der Waals surface area (Å²) in [6, 6.07) is 19.0. The first-order valence-electron chi connectivity index (χ1n) is 12.8. The molecule has 3 aromatic carbocycles. The van der Waals surface area contributed by atoms with E-state index in [2.05, 4.69) is 22.0 Å². The van der Waals surface area contributed by atoms with Gasteiger partial charge in [-0.3, -0.25) is 19.3 Å². The van der Waals surface area contributed by atoms with Gasteiger partial charge in [0.2, 0.25) is 5.91 Å². The lowest BCUT2D eigenvalue weighted by atomic mass is 10.00. The highest BCUT2D eigenvalue weighted by molar-refractivity contribution is 9.10. The Morgan fingerprint density at radius 2 is 1.82 bits per heavy atom. The number of hydrogen-bond donors (Lipinski definition) is 0. The fourth-order valence-electron chi connectivity index (χ4n) is 4.57. The maximum Gasteiger partial charge on any atom is 0.294 e. The van der Waals surface area contributed by atoms with Crippen molar-refractivity contribution in [2.75, 3.05) is 19.7 Å². The summed E-state index contributed by atoms with van der Waals surface area (Å²) < 4.78 is 12.5. The summed E-state index contributed by atoms with van der Waals surface area (Å²) >= 11 is 10.6. The lowest BCUT2D eigenvalue weighted by Crippen LogP contribution is -2.44. The molecule has 2 aliphatic rings. The molecule has 3 aromatic rings. The molecule has 1 fully saturated rings. The number of ether oxygens (including phenoxy) is 2. The number of halogens is 2. The third-order valence-electron chi connectivity index (χ3n) is 6.61. The van der Waals surface area contributed by atoms with E-state index in [1.54, 1.807) is 29.2 Å². The zero-order chi connectivity index (χ0) is 28.2. The van der Waals surface area contributed by atoms with Crippen LogP contribution in [0.5, 0.6) is 11.5 Å². The van der Waals surface area contributed by atoms with Crippen LogP contribution in [-0.2, 0) is 29.2 Å². The van der Waals surface area contributed by atoms with E-state index in [0.29, 0.717) is 46.3 Å². The first kappa shape index (κ1) is 28.3. The minimum Gasteiger partial charge on any atom is -0.490 e. The number of imide groups is 1. The van der Waals surface area contributed by atoms with E-state index in [1.165, 1.54) is 5.56 Å². The molecule has 1 saturated heterocycles. The van der Waals surface area contributed by atoms with Crippen LogP contribution >= 0.6 is 39.3 Å². The second-order valence-corrected chi connectivity index (χ2v) is 11.5. The van der Waals surface area contributed by atoms with E-state index >= 15 is 0 Å². The van der Waals surface area contributed by atoms with E-state index < -0.39 is 11.1 Å². The Hall–Kier alpha value is -3.27. The normalized spacial score (nSPS) is 15.9. The highest BCUT2D eigenvalue weighted by atomic mass is 79.9. The summed E-state index contributed by atoms with van der Waals surface area (Å²) in [4.78, 5) is 41.8. The van der Waals surface area contributed by atoms with Gasteiger partial charge in [0.1, 0.15) is 13.2 Å². The van der Waals surface area contributed by atoms with Crippen LogP contribution in [0.25, 0.3) is 6.08 Å². The van der Waals surface area contributed by atoms with Crippen LogP contribution in [0.15, 0.2) is 70.0 Å². The average molecular weight is 642 g/mol. The third kappa shape index (κ3) is 6.22. The summed E-state index contributed by atoms with van der Waals surface area (Å²) in [5.41, 5.74) is 3.79. The second-order valence-electron chi connectivity index (χ2n) is 9.24. The van der Waals surface area contributed by atoms with E-state index in [9.17, 15) is 14.4 Å². The molecule has 0 spiro atoms. The predicted octanol–water partition coefficient (Wildman–Crippen LogP) is 6.70. The fourth-order valence-corrected chi connectivity index (χ4v) is 6.17. The van der Waals surface area contributed by atoms with E-state index in [4.69, 9.17) is 21.1 Å². The number of amides is 3. The molecule has 2 heterocycles. The van der Waals surface area contributed by atoms with Crippen LogP contribution in [0.1, 0.15) is 29.2 Å². The van der Waals surface area contributed by atoms with Gasteiger partial charge in [-0.25, -0.2) is 0 Å². The van der Waals surface area contributed by atoms with Crippen LogP contribution < -0.4 is 9.47 Å². The smallest absolute Gasteiger partial charge is 0.294 e. The molecule has 2 aliphatic heterocycles. The first-order valence-corrected chi connectivity index (χ1v) is 14.7. The monoisotopic (exact) mass is 640 g/mol. The molecule has 0 atom stereocenters. The fraction of sp³-hybridized carbons (Fsp3) is 0.233. The van der Waals surface area contributed by atoms with Gasteiger partial charge in [0.15, 0.2) is 11.5 Å². The van der Waals surface area contributed by atoms with Crippen molar-refractivity contribution in [2.45, 2.75) is 26.5 Å². The van der Waals surface area contributed by atoms with Gasteiger partial charge in [-0.1, -0.05) is 54.1 Å². The summed E-state index contributed by atoms with van der Waals surface area (Å²) in [6.07, 6.45) is 2.37. The average Bonchev–Trinajstić information content (AvgIpc) is 3.20. The number of carbonyl (C=O) groups is 3. The Labute approximate surface area is 250 Å². The summed E-state index contributed by atoms with van der Waals surface area (Å²) in [5, 5.41) is 0.137. The van der Waals surface area contributed by atoms with Crippen molar-refractivity contribution >= 4 is 62.4 Å². The van der Waals surface area contributed by atoms with E-state index in [-0.39, 0.29) is 24.0 Å². The van der Waals surface area contributed by atoms with Gasteiger partial charge < -0.3 is 14.4 Å². The number of nitrogens with zero attached hydrogens (tertiary/aromatic N) is 2. The van der Waals surface area contributed by atoms with E-state index in [0.717, 1.165) is 34.2 Å².